The Labute approximate surface area is 106 Å². The highest BCUT2D eigenvalue weighted by Crippen LogP contribution is 2.25. The molecule has 1 N–H and O–H groups in total. The van der Waals surface area contributed by atoms with Crippen LogP contribution in [0, 0.1) is 11.3 Å². The fourth-order valence-corrected chi connectivity index (χ4v) is 2.02. The Bertz CT molecular complexity index is 385. The minimum atomic E-state index is 0.170. The molecule has 0 radical (unpaired) electrons. The Hall–Kier alpha value is -0.750. The molecule has 2 nitrogen and oxygen atoms in total. The van der Waals surface area contributed by atoms with Crippen molar-refractivity contribution in [3.8, 4) is 6.07 Å². The van der Waals surface area contributed by atoms with Gasteiger partial charge in [-0.3, -0.25) is 0 Å². The van der Waals surface area contributed by atoms with E-state index >= 15 is 0 Å². The lowest BCUT2D eigenvalue weighted by Crippen LogP contribution is -2.20. The van der Waals surface area contributed by atoms with Crippen LogP contribution in [0.25, 0.3) is 0 Å². The van der Waals surface area contributed by atoms with Gasteiger partial charge in [-0.2, -0.15) is 5.26 Å². The highest BCUT2D eigenvalue weighted by molar-refractivity contribution is 6.35. The van der Waals surface area contributed by atoms with E-state index in [1.807, 2.05) is 19.1 Å². The third-order valence-electron chi connectivity index (χ3n) is 2.34. The van der Waals surface area contributed by atoms with Crippen molar-refractivity contribution >= 4 is 23.2 Å². The van der Waals surface area contributed by atoms with Crippen molar-refractivity contribution < 1.29 is 0 Å². The van der Waals surface area contributed by atoms with E-state index in [0.717, 1.165) is 18.5 Å². The Morgan fingerprint density at radius 1 is 1.44 bits per heavy atom. The molecule has 0 saturated carbocycles. The first-order valence-corrected chi connectivity index (χ1v) is 5.96. The van der Waals surface area contributed by atoms with Crippen LogP contribution < -0.4 is 5.32 Å². The van der Waals surface area contributed by atoms with Gasteiger partial charge in [-0.05, 0) is 37.6 Å². The number of nitrogens with one attached hydrogen (secondary N) is 1. The van der Waals surface area contributed by atoms with Gasteiger partial charge in [0.1, 0.15) is 0 Å². The van der Waals surface area contributed by atoms with Crippen LogP contribution >= 0.6 is 23.2 Å². The second-order valence-electron chi connectivity index (χ2n) is 3.60. The fourth-order valence-electron chi connectivity index (χ4n) is 1.45. The molecule has 0 unspecified atom stereocenters. The maximum Gasteiger partial charge on any atom is 0.0622 e. The van der Waals surface area contributed by atoms with E-state index in [2.05, 4.69) is 11.4 Å². The van der Waals surface area contributed by atoms with Gasteiger partial charge in [0, 0.05) is 22.5 Å². The molecule has 1 aromatic carbocycles. The second-order valence-corrected chi connectivity index (χ2v) is 4.45. The standard InChI is InChI=1S/C12H14Cl2N2/c1-9(16-7-3-2-6-15)11-5-4-10(13)8-12(11)14/h4-5,8-9,16H,2-3,7H2,1H3/t9-/m1/s1. The summed E-state index contributed by atoms with van der Waals surface area (Å²) in [6.45, 7) is 2.86. The summed E-state index contributed by atoms with van der Waals surface area (Å²) in [5.41, 5.74) is 1.03. The Balaban J connectivity index is 2.53. The first-order valence-electron chi connectivity index (χ1n) is 5.20. The molecule has 0 heterocycles. The number of halogens is 2. The maximum atomic E-state index is 8.41. The van der Waals surface area contributed by atoms with Crippen LogP contribution in [-0.4, -0.2) is 6.54 Å². The first kappa shape index (κ1) is 13.3. The molecule has 1 atom stereocenters. The Kier molecular flexibility index (Phi) is 5.62. The van der Waals surface area contributed by atoms with Gasteiger partial charge in [0.15, 0.2) is 0 Å². The predicted octanol–water partition coefficient (Wildman–Crippen LogP) is 3.95. The molecular weight excluding hydrogens is 243 g/mol. The summed E-state index contributed by atoms with van der Waals surface area (Å²) < 4.78 is 0. The quantitative estimate of drug-likeness (QED) is 0.811. The number of unbranched alkanes of at least 4 members (excludes halogenated alkanes) is 1. The van der Waals surface area contributed by atoms with Gasteiger partial charge in [0.25, 0.3) is 0 Å². The predicted molar refractivity (Wildman–Crippen MR) is 67.7 cm³/mol. The molecule has 0 aliphatic heterocycles. The average Bonchev–Trinajstić information content (AvgIpc) is 2.24. The van der Waals surface area contributed by atoms with E-state index in [4.69, 9.17) is 28.5 Å². The summed E-state index contributed by atoms with van der Waals surface area (Å²) in [5.74, 6) is 0. The molecule has 0 aliphatic carbocycles. The van der Waals surface area contributed by atoms with E-state index in [0.29, 0.717) is 16.5 Å². The summed E-state index contributed by atoms with van der Waals surface area (Å²) in [5, 5.41) is 13.0. The van der Waals surface area contributed by atoms with Gasteiger partial charge < -0.3 is 5.32 Å². The van der Waals surface area contributed by atoms with Gasteiger partial charge in [-0.1, -0.05) is 29.3 Å². The first-order chi connectivity index (χ1) is 7.65. The van der Waals surface area contributed by atoms with Gasteiger partial charge in [0.2, 0.25) is 0 Å². The van der Waals surface area contributed by atoms with Gasteiger partial charge in [-0.15, -0.1) is 0 Å². The van der Waals surface area contributed by atoms with Gasteiger partial charge in [0.05, 0.1) is 6.07 Å². The van der Waals surface area contributed by atoms with Crippen molar-refractivity contribution in [1.29, 1.82) is 5.26 Å². The van der Waals surface area contributed by atoms with Crippen LogP contribution in [0.3, 0.4) is 0 Å². The Morgan fingerprint density at radius 2 is 2.19 bits per heavy atom. The molecule has 0 bridgehead atoms. The van der Waals surface area contributed by atoms with Crippen molar-refractivity contribution in [2.45, 2.75) is 25.8 Å². The lowest BCUT2D eigenvalue weighted by Gasteiger charge is -2.15. The van der Waals surface area contributed by atoms with Crippen molar-refractivity contribution in [3.05, 3.63) is 33.8 Å². The van der Waals surface area contributed by atoms with E-state index in [1.54, 1.807) is 6.07 Å². The van der Waals surface area contributed by atoms with Crippen LogP contribution in [0.1, 0.15) is 31.4 Å². The number of nitriles is 1. The SMILES string of the molecule is C[C@@H](NCCCC#N)c1ccc(Cl)cc1Cl. The fraction of sp³-hybridized carbons (Fsp3) is 0.417. The van der Waals surface area contributed by atoms with Crippen LogP contribution in [0.5, 0.6) is 0 Å². The van der Waals surface area contributed by atoms with Crippen LogP contribution in [-0.2, 0) is 0 Å². The number of rotatable bonds is 5. The van der Waals surface area contributed by atoms with E-state index < -0.39 is 0 Å². The minimum Gasteiger partial charge on any atom is -0.310 e. The summed E-state index contributed by atoms with van der Waals surface area (Å²) in [6, 6.07) is 7.78. The number of hydrogen-bond donors (Lipinski definition) is 1. The van der Waals surface area contributed by atoms with Crippen molar-refractivity contribution in [3.63, 3.8) is 0 Å². The molecule has 1 aromatic rings. The normalized spacial score (nSPS) is 12.1. The molecule has 1 rings (SSSR count). The van der Waals surface area contributed by atoms with E-state index in [9.17, 15) is 0 Å². The van der Waals surface area contributed by atoms with Gasteiger partial charge in [-0.25, -0.2) is 0 Å². The molecule has 0 fully saturated rings. The lowest BCUT2D eigenvalue weighted by molar-refractivity contribution is 0.562. The van der Waals surface area contributed by atoms with Crippen LogP contribution in [0.15, 0.2) is 18.2 Å². The van der Waals surface area contributed by atoms with Crippen LogP contribution in [0.4, 0.5) is 0 Å². The maximum absolute atomic E-state index is 8.41. The number of hydrogen-bond acceptors (Lipinski definition) is 2. The van der Waals surface area contributed by atoms with E-state index in [1.165, 1.54) is 0 Å². The zero-order valence-electron chi connectivity index (χ0n) is 9.13. The van der Waals surface area contributed by atoms with Gasteiger partial charge >= 0.3 is 0 Å². The molecule has 86 valence electrons. The van der Waals surface area contributed by atoms with Crippen molar-refractivity contribution in [1.82, 2.24) is 5.32 Å². The third kappa shape index (κ3) is 4.02. The largest absolute Gasteiger partial charge is 0.310 e. The van der Waals surface area contributed by atoms with Crippen LogP contribution in [0.2, 0.25) is 10.0 Å². The van der Waals surface area contributed by atoms with Crippen molar-refractivity contribution in [2.24, 2.45) is 0 Å². The molecule has 4 heteroatoms. The summed E-state index contributed by atoms with van der Waals surface area (Å²) in [6.07, 6.45) is 1.43. The molecule has 0 amide bonds. The molecule has 16 heavy (non-hydrogen) atoms. The average molecular weight is 257 g/mol. The zero-order chi connectivity index (χ0) is 12.0. The molecule has 0 aromatic heterocycles. The summed E-state index contributed by atoms with van der Waals surface area (Å²) >= 11 is 11.9. The highest BCUT2D eigenvalue weighted by Gasteiger charge is 2.08. The highest BCUT2D eigenvalue weighted by atomic mass is 35.5. The van der Waals surface area contributed by atoms with E-state index in [-0.39, 0.29) is 6.04 Å². The zero-order valence-corrected chi connectivity index (χ0v) is 10.6. The van der Waals surface area contributed by atoms with Crippen molar-refractivity contribution in [2.75, 3.05) is 6.54 Å². The summed E-state index contributed by atoms with van der Waals surface area (Å²) in [4.78, 5) is 0. The molecule has 0 saturated heterocycles. The third-order valence-corrected chi connectivity index (χ3v) is 2.91. The topological polar surface area (TPSA) is 35.8 Å². The summed E-state index contributed by atoms with van der Waals surface area (Å²) in [7, 11) is 0. The molecule has 0 spiro atoms. The monoisotopic (exact) mass is 256 g/mol. The lowest BCUT2D eigenvalue weighted by atomic mass is 10.1. The molecule has 0 aliphatic rings. The Morgan fingerprint density at radius 3 is 2.81 bits per heavy atom. The minimum absolute atomic E-state index is 0.170. The number of benzene rings is 1. The molecular formula is C12H14Cl2N2. The number of nitrogens with zero attached hydrogens (tertiary/aromatic N) is 1. The second kappa shape index (κ2) is 6.75. The smallest absolute Gasteiger partial charge is 0.0622 e.